The summed E-state index contributed by atoms with van der Waals surface area (Å²) in [5.74, 6) is -0.403. The van der Waals surface area contributed by atoms with E-state index in [0.29, 0.717) is 5.56 Å². The number of nitrogens with zero attached hydrogens (tertiary/aromatic N) is 1. The van der Waals surface area contributed by atoms with Crippen molar-refractivity contribution in [3.63, 3.8) is 0 Å². The van der Waals surface area contributed by atoms with Crippen molar-refractivity contribution in [1.29, 1.82) is 5.26 Å². The Balaban J connectivity index is 2.35. The lowest BCUT2D eigenvalue weighted by Gasteiger charge is -2.09. The lowest BCUT2D eigenvalue weighted by atomic mass is 10.2. The second kappa shape index (κ2) is 5.31. The molecule has 0 spiro atoms. The van der Waals surface area contributed by atoms with Crippen LogP contribution in [0.25, 0.3) is 0 Å². The van der Waals surface area contributed by atoms with Crippen molar-refractivity contribution in [3.05, 3.63) is 59.4 Å². The van der Waals surface area contributed by atoms with Crippen LogP contribution in [0.1, 0.15) is 11.1 Å². The Kier molecular flexibility index (Phi) is 3.72. The van der Waals surface area contributed by atoms with E-state index in [1.54, 1.807) is 6.92 Å². The van der Waals surface area contributed by atoms with Crippen LogP contribution in [0.3, 0.4) is 0 Å². The van der Waals surface area contributed by atoms with Gasteiger partial charge in [0.25, 0.3) is 10.0 Å². The van der Waals surface area contributed by atoms with E-state index < -0.39 is 15.8 Å². The van der Waals surface area contributed by atoms with Gasteiger partial charge in [-0.2, -0.15) is 5.26 Å². The second-order valence-electron chi connectivity index (χ2n) is 4.21. The van der Waals surface area contributed by atoms with Crippen LogP contribution >= 0.6 is 0 Å². The molecule has 0 fully saturated rings. The van der Waals surface area contributed by atoms with Gasteiger partial charge in [0, 0.05) is 5.69 Å². The topological polar surface area (TPSA) is 70.0 Å². The summed E-state index contributed by atoms with van der Waals surface area (Å²) < 4.78 is 39.8. The number of aryl methyl sites for hydroxylation is 1. The minimum atomic E-state index is -3.80. The van der Waals surface area contributed by atoms with Crippen molar-refractivity contribution in [3.8, 4) is 6.07 Å². The first-order chi connectivity index (χ1) is 9.42. The summed E-state index contributed by atoms with van der Waals surface area (Å²) in [4.78, 5) is -0.0153. The number of anilines is 1. The van der Waals surface area contributed by atoms with Crippen LogP contribution in [0.4, 0.5) is 10.1 Å². The molecule has 6 heteroatoms. The molecule has 4 nitrogen and oxygen atoms in total. The first kappa shape index (κ1) is 14.0. The number of hydrogen-bond donors (Lipinski definition) is 1. The third-order valence-electron chi connectivity index (χ3n) is 2.68. The maximum atomic E-state index is 13.1. The molecule has 0 aliphatic heterocycles. The summed E-state index contributed by atoms with van der Waals surface area (Å²) in [7, 11) is -3.80. The van der Waals surface area contributed by atoms with E-state index in [1.807, 2.05) is 6.07 Å². The van der Waals surface area contributed by atoms with E-state index >= 15 is 0 Å². The van der Waals surface area contributed by atoms with E-state index in [4.69, 9.17) is 5.26 Å². The van der Waals surface area contributed by atoms with Gasteiger partial charge in [0.1, 0.15) is 5.82 Å². The molecule has 2 rings (SSSR count). The Labute approximate surface area is 116 Å². The molecule has 20 heavy (non-hydrogen) atoms. The van der Waals surface area contributed by atoms with E-state index in [9.17, 15) is 12.8 Å². The molecule has 0 radical (unpaired) electrons. The average Bonchev–Trinajstić information content (AvgIpc) is 2.43. The van der Waals surface area contributed by atoms with Crippen molar-refractivity contribution < 1.29 is 12.8 Å². The molecular weight excluding hydrogens is 279 g/mol. The Hall–Kier alpha value is -2.39. The summed E-state index contributed by atoms with van der Waals surface area (Å²) in [6.07, 6.45) is 0. The molecule has 0 saturated carbocycles. The van der Waals surface area contributed by atoms with Crippen molar-refractivity contribution in [1.82, 2.24) is 0 Å². The smallest absolute Gasteiger partial charge is 0.261 e. The van der Waals surface area contributed by atoms with E-state index in [1.165, 1.54) is 42.5 Å². The molecular formula is C14H11FN2O2S. The number of halogens is 1. The molecule has 0 unspecified atom stereocenters. The van der Waals surface area contributed by atoms with Gasteiger partial charge in [-0.15, -0.1) is 0 Å². The Bertz CT molecular complexity index is 795. The maximum Gasteiger partial charge on any atom is 0.261 e. The molecule has 0 heterocycles. The summed E-state index contributed by atoms with van der Waals surface area (Å²) >= 11 is 0. The standard InChI is InChI=1S/C14H11FN2O2S/c1-10-7-12(5-6-14(10)15)17-20(18,19)13-4-2-3-11(8-13)9-16/h2-8,17H,1H3. The molecule has 1 N–H and O–H groups in total. The predicted octanol–water partition coefficient (Wildman–Crippen LogP) is 2.81. The molecule has 0 aliphatic carbocycles. The minimum Gasteiger partial charge on any atom is -0.280 e. The highest BCUT2D eigenvalue weighted by molar-refractivity contribution is 7.92. The monoisotopic (exact) mass is 290 g/mol. The van der Waals surface area contributed by atoms with Crippen molar-refractivity contribution in [2.24, 2.45) is 0 Å². The zero-order valence-corrected chi connectivity index (χ0v) is 11.4. The third kappa shape index (κ3) is 2.95. The first-order valence-electron chi connectivity index (χ1n) is 5.71. The highest BCUT2D eigenvalue weighted by Crippen LogP contribution is 2.19. The first-order valence-corrected chi connectivity index (χ1v) is 7.20. The summed E-state index contributed by atoms with van der Waals surface area (Å²) in [5.41, 5.74) is 0.866. The number of nitrogens with one attached hydrogen (secondary N) is 1. The highest BCUT2D eigenvalue weighted by Gasteiger charge is 2.15. The van der Waals surface area contributed by atoms with Gasteiger partial charge in [-0.1, -0.05) is 6.07 Å². The van der Waals surface area contributed by atoms with E-state index in [-0.39, 0.29) is 16.1 Å². The van der Waals surface area contributed by atoms with Crippen molar-refractivity contribution in [2.75, 3.05) is 4.72 Å². The maximum absolute atomic E-state index is 13.1. The van der Waals surface area contributed by atoms with Crippen molar-refractivity contribution in [2.45, 2.75) is 11.8 Å². The number of hydrogen-bond acceptors (Lipinski definition) is 3. The van der Waals surface area contributed by atoms with Gasteiger partial charge in [-0.05, 0) is 48.9 Å². The van der Waals surface area contributed by atoms with Crippen LogP contribution in [-0.4, -0.2) is 8.42 Å². The normalized spacial score (nSPS) is 10.8. The highest BCUT2D eigenvalue weighted by atomic mass is 32.2. The molecule has 0 saturated heterocycles. The fraction of sp³-hybridized carbons (Fsp3) is 0.0714. The number of rotatable bonds is 3. The number of benzene rings is 2. The number of nitriles is 1. The summed E-state index contributed by atoms with van der Waals surface area (Å²) in [6.45, 7) is 1.55. The molecule has 0 bridgehead atoms. The van der Waals surface area contributed by atoms with Gasteiger partial charge in [0.15, 0.2) is 0 Å². The van der Waals surface area contributed by atoms with Crippen LogP contribution in [0.5, 0.6) is 0 Å². The quantitative estimate of drug-likeness (QED) is 0.945. The molecule has 2 aromatic carbocycles. The van der Waals surface area contributed by atoms with Gasteiger partial charge in [-0.25, -0.2) is 12.8 Å². The van der Waals surface area contributed by atoms with Gasteiger partial charge < -0.3 is 0 Å². The van der Waals surface area contributed by atoms with Crippen LogP contribution in [0.2, 0.25) is 0 Å². The molecule has 0 amide bonds. The number of sulfonamides is 1. The SMILES string of the molecule is Cc1cc(NS(=O)(=O)c2cccc(C#N)c2)ccc1F. The van der Waals surface area contributed by atoms with Gasteiger partial charge in [-0.3, -0.25) is 4.72 Å². The molecule has 0 aromatic heterocycles. The molecule has 102 valence electrons. The van der Waals surface area contributed by atoms with Gasteiger partial charge in [0.2, 0.25) is 0 Å². The molecule has 0 atom stereocenters. The average molecular weight is 290 g/mol. The van der Waals surface area contributed by atoms with E-state index in [2.05, 4.69) is 4.72 Å². The third-order valence-corrected chi connectivity index (χ3v) is 4.06. The zero-order chi connectivity index (χ0) is 14.8. The van der Waals surface area contributed by atoms with Crippen LogP contribution < -0.4 is 4.72 Å². The van der Waals surface area contributed by atoms with Gasteiger partial charge >= 0.3 is 0 Å². The second-order valence-corrected chi connectivity index (χ2v) is 5.89. The molecule has 2 aromatic rings. The zero-order valence-electron chi connectivity index (χ0n) is 10.6. The Morgan fingerprint density at radius 1 is 1.20 bits per heavy atom. The Morgan fingerprint density at radius 2 is 1.95 bits per heavy atom. The van der Waals surface area contributed by atoms with Crippen LogP contribution in [-0.2, 0) is 10.0 Å². The largest absolute Gasteiger partial charge is 0.280 e. The van der Waals surface area contributed by atoms with Crippen LogP contribution in [0.15, 0.2) is 47.4 Å². The predicted molar refractivity (Wildman–Crippen MR) is 73.1 cm³/mol. The molecule has 0 aliphatic rings. The van der Waals surface area contributed by atoms with Gasteiger partial charge in [0.05, 0.1) is 16.5 Å². The fourth-order valence-electron chi connectivity index (χ4n) is 1.66. The summed E-state index contributed by atoms with van der Waals surface area (Å²) in [5, 5.41) is 8.78. The lowest BCUT2D eigenvalue weighted by Crippen LogP contribution is -2.13. The minimum absolute atomic E-state index is 0.0153. The lowest BCUT2D eigenvalue weighted by molar-refractivity contribution is 0.601. The fourth-order valence-corrected chi connectivity index (χ4v) is 2.75. The van der Waals surface area contributed by atoms with Crippen LogP contribution in [0, 0.1) is 24.1 Å². The Morgan fingerprint density at radius 3 is 2.60 bits per heavy atom. The summed E-state index contributed by atoms with van der Waals surface area (Å²) in [6, 6.07) is 11.5. The van der Waals surface area contributed by atoms with Crippen molar-refractivity contribution >= 4 is 15.7 Å². The van der Waals surface area contributed by atoms with E-state index in [0.717, 1.165) is 0 Å².